The third kappa shape index (κ3) is 2.91. The van der Waals surface area contributed by atoms with Crippen LogP contribution in [0.4, 0.5) is 0 Å². The molecule has 1 aromatic heterocycles. The quantitative estimate of drug-likeness (QED) is 0.485. The predicted molar refractivity (Wildman–Crippen MR) is 109 cm³/mol. The third-order valence-electron chi connectivity index (χ3n) is 5.31. The molecule has 0 radical (unpaired) electrons. The molecule has 0 saturated heterocycles. The molecule has 5 heteroatoms. The summed E-state index contributed by atoms with van der Waals surface area (Å²) >= 11 is 0. The van der Waals surface area contributed by atoms with Gasteiger partial charge in [-0.25, -0.2) is 0 Å². The number of aromatic hydroxyl groups is 2. The second-order valence-corrected chi connectivity index (χ2v) is 8.30. The predicted octanol–water partition coefficient (Wildman–Crippen LogP) is 4.97. The number of benzene rings is 2. The zero-order valence-corrected chi connectivity index (χ0v) is 16.5. The van der Waals surface area contributed by atoms with E-state index in [1.807, 2.05) is 33.8 Å². The van der Waals surface area contributed by atoms with Gasteiger partial charge in [-0.15, -0.1) is 0 Å². The van der Waals surface area contributed by atoms with Crippen molar-refractivity contribution in [1.29, 1.82) is 0 Å². The lowest BCUT2D eigenvalue weighted by molar-refractivity contribution is 0.0839. The molecule has 146 valence electrons. The van der Waals surface area contributed by atoms with Gasteiger partial charge in [-0.05, 0) is 58.6 Å². The maximum Gasteiger partial charge on any atom is 0.204 e. The molecule has 0 saturated carbocycles. The van der Waals surface area contributed by atoms with Crippen LogP contribution in [0.25, 0.3) is 21.9 Å². The first-order valence-electron chi connectivity index (χ1n) is 9.46. The van der Waals surface area contributed by atoms with Crippen LogP contribution in [-0.2, 0) is 12.8 Å². The van der Waals surface area contributed by atoms with Crippen molar-refractivity contribution in [1.82, 2.24) is 0 Å². The SMILES string of the molecule is CC(C)=CCc1ccc(O)c2oc3cc4c(c(O)c3c(=O)c12)CCC(C)(C)O4. The van der Waals surface area contributed by atoms with E-state index in [-0.39, 0.29) is 39.1 Å². The Hall–Kier alpha value is -2.95. The molecule has 0 amide bonds. The Morgan fingerprint density at radius 3 is 2.68 bits per heavy atom. The highest BCUT2D eigenvalue weighted by Crippen LogP contribution is 2.43. The summed E-state index contributed by atoms with van der Waals surface area (Å²) < 4.78 is 11.9. The molecular formula is C23H24O5. The normalized spacial score (nSPS) is 15.3. The minimum atomic E-state index is -0.357. The molecule has 0 spiro atoms. The van der Waals surface area contributed by atoms with E-state index in [1.54, 1.807) is 12.1 Å². The zero-order chi connectivity index (χ0) is 20.2. The Balaban J connectivity index is 2.06. The average Bonchev–Trinajstić information content (AvgIpc) is 2.60. The fourth-order valence-electron chi connectivity index (χ4n) is 3.75. The van der Waals surface area contributed by atoms with Gasteiger partial charge >= 0.3 is 0 Å². The van der Waals surface area contributed by atoms with E-state index in [0.29, 0.717) is 29.5 Å². The number of rotatable bonds is 2. The molecule has 3 aromatic rings. The zero-order valence-electron chi connectivity index (χ0n) is 16.5. The van der Waals surface area contributed by atoms with Crippen molar-refractivity contribution in [2.75, 3.05) is 0 Å². The van der Waals surface area contributed by atoms with Crippen LogP contribution < -0.4 is 10.2 Å². The third-order valence-corrected chi connectivity index (χ3v) is 5.31. The standard InChI is InChI=1S/C23H24O5/c1-12(2)5-6-13-7-8-15(24)22-18(13)21(26)19-17(27-22)11-16-14(20(19)25)9-10-23(3,4)28-16/h5,7-8,11,24-25H,6,9-10H2,1-4H3. The first-order valence-corrected chi connectivity index (χ1v) is 9.46. The van der Waals surface area contributed by atoms with Crippen molar-refractivity contribution >= 4 is 21.9 Å². The van der Waals surface area contributed by atoms with E-state index < -0.39 is 0 Å². The van der Waals surface area contributed by atoms with Crippen LogP contribution in [0.2, 0.25) is 0 Å². The number of phenols is 2. The van der Waals surface area contributed by atoms with Gasteiger partial charge in [0.05, 0.1) is 5.39 Å². The summed E-state index contributed by atoms with van der Waals surface area (Å²) in [5, 5.41) is 21.6. The van der Waals surface area contributed by atoms with E-state index in [4.69, 9.17) is 9.15 Å². The van der Waals surface area contributed by atoms with Gasteiger partial charge in [-0.3, -0.25) is 4.79 Å². The molecule has 1 aliphatic heterocycles. The van der Waals surface area contributed by atoms with E-state index in [2.05, 4.69) is 0 Å². The fraction of sp³-hybridized carbons (Fsp3) is 0.348. The largest absolute Gasteiger partial charge is 0.507 e. The summed E-state index contributed by atoms with van der Waals surface area (Å²) in [5.74, 6) is 0.326. The summed E-state index contributed by atoms with van der Waals surface area (Å²) in [6.07, 6.45) is 3.91. The van der Waals surface area contributed by atoms with Crippen LogP contribution in [0.5, 0.6) is 17.2 Å². The van der Waals surface area contributed by atoms with Gasteiger partial charge in [-0.1, -0.05) is 17.7 Å². The summed E-state index contributed by atoms with van der Waals surface area (Å²) in [6, 6.07) is 4.90. The lowest BCUT2D eigenvalue weighted by Gasteiger charge is -2.33. The van der Waals surface area contributed by atoms with Gasteiger partial charge in [0.1, 0.15) is 28.1 Å². The molecule has 0 aliphatic carbocycles. The number of allylic oxidation sites excluding steroid dienone is 2. The van der Waals surface area contributed by atoms with Gasteiger partial charge in [0, 0.05) is 11.6 Å². The van der Waals surface area contributed by atoms with E-state index >= 15 is 0 Å². The summed E-state index contributed by atoms with van der Waals surface area (Å²) in [4.78, 5) is 13.3. The topological polar surface area (TPSA) is 79.9 Å². The van der Waals surface area contributed by atoms with Crippen molar-refractivity contribution in [3.05, 3.63) is 51.2 Å². The molecule has 2 N–H and O–H groups in total. The molecule has 0 unspecified atom stereocenters. The highest BCUT2D eigenvalue weighted by molar-refractivity contribution is 5.98. The van der Waals surface area contributed by atoms with Crippen LogP contribution in [0.1, 0.15) is 45.2 Å². The summed E-state index contributed by atoms with van der Waals surface area (Å²) in [5.41, 5.74) is 2.15. The van der Waals surface area contributed by atoms with Crippen LogP contribution in [0.15, 0.2) is 39.1 Å². The Labute approximate surface area is 162 Å². The molecule has 0 atom stereocenters. The van der Waals surface area contributed by atoms with Crippen LogP contribution in [-0.4, -0.2) is 15.8 Å². The molecule has 4 rings (SSSR count). The molecule has 0 bridgehead atoms. The minimum absolute atomic E-state index is 0.0878. The highest BCUT2D eigenvalue weighted by atomic mass is 16.5. The van der Waals surface area contributed by atoms with Crippen LogP contribution in [0, 0.1) is 0 Å². The molecule has 1 aliphatic rings. The van der Waals surface area contributed by atoms with E-state index in [1.165, 1.54) is 6.07 Å². The van der Waals surface area contributed by atoms with Gasteiger partial charge in [0.15, 0.2) is 11.3 Å². The Morgan fingerprint density at radius 2 is 1.96 bits per heavy atom. The molecule has 0 fully saturated rings. The van der Waals surface area contributed by atoms with Crippen molar-refractivity contribution in [2.24, 2.45) is 0 Å². The smallest absolute Gasteiger partial charge is 0.204 e. The molecular weight excluding hydrogens is 356 g/mol. The first kappa shape index (κ1) is 18.4. The molecule has 2 heterocycles. The number of hydrogen-bond donors (Lipinski definition) is 2. The Kier molecular flexibility index (Phi) is 4.14. The van der Waals surface area contributed by atoms with Crippen molar-refractivity contribution < 1.29 is 19.4 Å². The van der Waals surface area contributed by atoms with Crippen molar-refractivity contribution in [3.8, 4) is 17.2 Å². The summed E-state index contributed by atoms with van der Waals surface area (Å²) in [6.45, 7) is 7.93. The maximum absolute atomic E-state index is 13.3. The summed E-state index contributed by atoms with van der Waals surface area (Å²) in [7, 11) is 0. The minimum Gasteiger partial charge on any atom is -0.507 e. The van der Waals surface area contributed by atoms with Gasteiger partial charge < -0.3 is 19.4 Å². The molecule has 2 aromatic carbocycles. The fourth-order valence-corrected chi connectivity index (χ4v) is 3.75. The van der Waals surface area contributed by atoms with Crippen molar-refractivity contribution in [2.45, 2.75) is 52.6 Å². The second-order valence-electron chi connectivity index (χ2n) is 8.30. The number of ether oxygens (including phenoxy) is 1. The van der Waals surface area contributed by atoms with Crippen molar-refractivity contribution in [3.63, 3.8) is 0 Å². The lowest BCUT2D eigenvalue weighted by Crippen LogP contribution is -2.32. The van der Waals surface area contributed by atoms with Crippen LogP contribution in [0.3, 0.4) is 0 Å². The van der Waals surface area contributed by atoms with Gasteiger partial charge in [-0.2, -0.15) is 0 Å². The number of phenolic OH excluding ortho intramolecular Hbond substituents is 2. The number of fused-ring (bicyclic) bond motifs is 3. The molecule has 28 heavy (non-hydrogen) atoms. The maximum atomic E-state index is 13.3. The first-order chi connectivity index (χ1) is 13.2. The highest BCUT2D eigenvalue weighted by Gasteiger charge is 2.31. The average molecular weight is 380 g/mol. The van der Waals surface area contributed by atoms with E-state index in [0.717, 1.165) is 17.6 Å². The van der Waals surface area contributed by atoms with Crippen LogP contribution >= 0.6 is 0 Å². The van der Waals surface area contributed by atoms with E-state index in [9.17, 15) is 15.0 Å². The monoisotopic (exact) mass is 380 g/mol. The second kappa shape index (κ2) is 6.30. The Morgan fingerprint density at radius 1 is 1.21 bits per heavy atom. The van der Waals surface area contributed by atoms with Gasteiger partial charge in [0.25, 0.3) is 0 Å². The van der Waals surface area contributed by atoms with Gasteiger partial charge in [0.2, 0.25) is 5.43 Å². The lowest BCUT2D eigenvalue weighted by atomic mass is 9.92. The number of hydrogen-bond acceptors (Lipinski definition) is 5. The Bertz CT molecular complexity index is 1190. The molecule has 5 nitrogen and oxygen atoms in total.